The maximum absolute atomic E-state index is 12.0. The summed E-state index contributed by atoms with van der Waals surface area (Å²) in [5.74, 6) is 0.140. The molecule has 0 bridgehead atoms. The monoisotopic (exact) mass is 552 g/mol. The van der Waals surface area contributed by atoms with E-state index in [0.29, 0.717) is 12.8 Å². The van der Waals surface area contributed by atoms with Crippen LogP contribution in [0.15, 0.2) is 74.6 Å². The van der Waals surface area contributed by atoms with Crippen LogP contribution >= 0.6 is 11.6 Å². The Morgan fingerprint density at radius 1 is 0.921 bits per heavy atom. The molecule has 14 nitrogen and oxygen atoms in total. The van der Waals surface area contributed by atoms with Crippen LogP contribution in [0.1, 0.15) is 19.8 Å². The average molecular weight is 553 g/mol. The third kappa shape index (κ3) is 8.03. The van der Waals surface area contributed by atoms with Crippen LogP contribution in [0, 0.1) is 0 Å². The summed E-state index contributed by atoms with van der Waals surface area (Å²) in [5.41, 5.74) is -5.24. The minimum absolute atomic E-state index is 0.00719. The SMILES string of the molecule is C=CCC(CCl)(CC=C)Oc1nc(=O)[nH]c(=O)[nH]1.C=CCn1c(=O)n(CC=C)c(=O)n(C(=O)OCC)c1=O. The minimum Gasteiger partial charge on any atom is -0.456 e. The molecule has 2 N–H and O–H groups in total. The third-order valence-corrected chi connectivity index (χ3v) is 5.10. The second-order valence-electron chi connectivity index (χ2n) is 7.39. The molecule has 2 aromatic heterocycles. The molecule has 0 radical (unpaired) electrons. The van der Waals surface area contributed by atoms with Gasteiger partial charge < -0.3 is 9.47 Å². The summed E-state index contributed by atoms with van der Waals surface area (Å²) in [6, 6.07) is -0.173. The van der Waals surface area contributed by atoms with Crippen molar-refractivity contribution in [3.63, 3.8) is 0 Å². The van der Waals surface area contributed by atoms with E-state index in [4.69, 9.17) is 16.3 Å². The van der Waals surface area contributed by atoms with Crippen molar-refractivity contribution >= 4 is 17.7 Å². The predicted octanol–water partition coefficient (Wildman–Crippen LogP) is 0.515. The number of carbonyl (C=O) groups is 1. The topological polar surface area (TPSA) is 180 Å². The van der Waals surface area contributed by atoms with Crippen LogP contribution in [-0.2, 0) is 17.8 Å². The van der Waals surface area contributed by atoms with E-state index in [0.717, 1.165) is 9.13 Å². The molecule has 0 aliphatic rings. The Labute approximate surface area is 220 Å². The molecule has 38 heavy (non-hydrogen) atoms. The number of H-pyrrole nitrogens is 2. The number of aromatic amines is 2. The van der Waals surface area contributed by atoms with Crippen LogP contribution in [0.2, 0.25) is 0 Å². The normalized spacial score (nSPS) is 10.5. The predicted molar refractivity (Wildman–Crippen MR) is 141 cm³/mol. The number of rotatable bonds is 12. The van der Waals surface area contributed by atoms with Crippen molar-refractivity contribution in [2.75, 3.05) is 12.5 Å². The van der Waals surface area contributed by atoms with Gasteiger partial charge in [0, 0.05) is 12.8 Å². The van der Waals surface area contributed by atoms with Gasteiger partial charge in [0.15, 0.2) is 0 Å². The molecule has 0 aliphatic carbocycles. The van der Waals surface area contributed by atoms with Gasteiger partial charge in [0.1, 0.15) is 5.60 Å². The van der Waals surface area contributed by atoms with Gasteiger partial charge in [-0.3, -0.25) is 9.97 Å². The highest BCUT2D eigenvalue weighted by molar-refractivity contribution is 6.18. The van der Waals surface area contributed by atoms with Gasteiger partial charge in [0.05, 0.1) is 25.6 Å². The molecule has 2 aromatic rings. The summed E-state index contributed by atoms with van der Waals surface area (Å²) < 4.78 is 11.9. The first-order valence-corrected chi connectivity index (χ1v) is 11.6. The van der Waals surface area contributed by atoms with Crippen LogP contribution in [-0.4, -0.2) is 52.8 Å². The van der Waals surface area contributed by atoms with Gasteiger partial charge in [-0.15, -0.1) is 47.5 Å². The largest absolute Gasteiger partial charge is 0.456 e. The van der Waals surface area contributed by atoms with E-state index in [9.17, 15) is 28.8 Å². The fourth-order valence-corrected chi connectivity index (χ4v) is 3.28. The Bertz CT molecular complexity index is 1380. The number of ether oxygens (including phenoxy) is 2. The summed E-state index contributed by atoms with van der Waals surface area (Å²) in [6.45, 7) is 15.3. The van der Waals surface area contributed by atoms with E-state index in [1.54, 1.807) is 12.2 Å². The Morgan fingerprint density at radius 2 is 1.45 bits per heavy atom. The highest BCUT2D eigenvalue weighted by atomic mass is 35.5. The molecule has 2 heterocycles. The van der Waals surface area contributed by atoms with Crippen LogP contribution < -0.4 is 33.2 Å². The second-order valence-corrected chi connectivity index (χ2v) is 7.65. The molecule has 0 atom stereocenters. The van der Waals surface area contributed by atoms with E-state index in [1.807, 2.05) is 4.98 Å². The smallest absolute Gasteiger partial charge is 0.426 e. The van der Waals surface area contributed by atoms with Crippen LogP contribution in [0.5, 0.6) is 6.01 Å². The first-order chi connectivity index (χ1) is 18.0. The van der Waals surface area contributed by atoms with Gasteiger partial charge >= 0.3 is 40.6 Å². The fraction of sp³-hybridized carbons (Fsp3) is 0.348. The van der Waals surface area contributed by atoms with Crippen LogP contribution in [0.3, 0.4) is 0 Å². The first-order valence-electron chi connectivity index (χ1n) is 11.1. The van der Waals surface area contributed by atoms with Crippen molar-refractivity contribution in [2.45, 2.75) is 38.5 Å². The van der Waals surface area contributed by atoms with E-state index in [1.165, 1.54) is 19.1 Å². The number of alkyl halides is 1. The minimum atomic E-state index is -1.13. The van der Waals surface area contributed by atoms with Gasteiger partial charge in [0.2, 0.25) is 0 Å². The quantitative estimate of drug-likeness (QED) is 0.280. The number of aromatic nitrogens is 6. The lowest BCUT2D eigenvalue weighted by Crippen LogP contribution is -2.56. The summed E-state index contributed by atoms with van der Waals surface area (Å²) in [5, 5.41) is 0. The van der Waals surface area contributed by atoms with Crippen molar-refractivity contribution in [3.05, 3.63) is 103 Å². The van der Waals surface area contributed by atoms with E-state index in [-0.39, 0.29) is 36.2 Å². The number of hydrogen-bond donors (Lipinski definition) is 2. The maximum Gasteiger partial charge on any atom is 0.426 e. The van der Waals surface area contributed by atoms with Crippen LogP contribution in [0.4, 0.5) is 4.79 Å². The summed E-state index contributed by atoms with van der Waals surface area (Å²) in [4.78, 5) is 77.6. The Morgan fingerprint density at radius 3 is 1.84 bits per heavy atom. The zero-order valence-corrected chi connectivity index (χ0v) is 21.6. The van der Waals surface area contributed by atoms with Gasteiger partial charge in [-0.1, -0.05) is 24.3 Å². The standard InChI is InChI=1S/C12H15N3O5.C11H14ClN3O3/c1-4-7-13-9(16)14(8-5-2)11(18)15(10(13)17)12(19)20-6-3;1-3-5-11(7-12,6-4-2)18-10-14-8(16)13-9(17)15-10/h4-5H,1-2,6-8H2,3H3;3-4H,1-2,5-7H2,(H2,13,14,15,16,17). The number of carbonyl (C=O) groups excluding carboxylic acids is 1. The lowest BCUT2D eigenvalue weighted by Gasteiger charge is -2.29. The van der Waals surface area contributed by atoms with Crippen molar-refractivity contribution in [1.29, 1.82) is 0 Å². The highest BCUT2D eigenvalue weighted by Crippen LogP contribution is 2.24. The molecule has 0 aliphatic heterocycles. The maximum atomic E-state index is 12.0. The molecule has 0 saturated heterocycles. The molecular weight excluding hydrogens is 524 g/mol. The Kier molecular flexibility index (Phi) is 12.4. The number of nitrogens with zero attached hydrogens (tertiary/aromatic N) is 4. The number of hydrogen-bond acceptors (Lipinski definition) is 9. The molecule has 0 saturated carbocycles. The molecule has 2 rings (SSSR count). The summed E-state index contributed by atoms with van der Waals surface area (Å²) in [7, 11) is 0. The molecule has 0 aromatic carbocycles. The molecule has 0 unspecified atom stereocenters. The van der Waals surface area contributed by atoms with Crippen LogP contribution in [0.25, 0.3) is 0 Å². The van der Waals surface area contributed by atoms with Crippen molar-refractivity contribution < 1.29 is 14.3 Å². The molecule has 206 valence electrons. The zero-order valence-electron chi connectivity index (χ0n) is 20.8. The van der Waals surface area contributed by atoms with E-state index < -0.39 is 40.1 Å². The highest BCUT2D eigenvalue weighted by Gasteiger charge is 2.30. The summed E-state index contributed by atoms with van der Waals surface area (Å²) in [6.07, 6.45) is 5.62. The number of nitrogens with one attached hydrogen (secondary N) is 2. The van der Waals surface area contributed by atoms with Gasteiger partial charge in [0.25, 0.3) is 0 Å². The fourth-order valence-electron chi connectivity index (χ4n) is 3.00. The zero-order chi connectivity index (χ0) is 28.9. The third-order valence-electron chi connectivity index (χ3n) is 4.61. The van der Waals surface area contributed by atoms with Gasteiger partial charge in [-0.25, -0.2) is 37.9 Å². The van der Waals surface area contributed by atoms with Crippen molar-refractivity contribution in [3.8, 4) is 6.01 Å². The molecule has 0 fully saturated rings. The Hall–Kier alpha value is -4.46. The molecule has 0 amide bonds. The van der Waals surface area contributed by atoms with E-state index >= 15 is 0 Å². The Balaban J connectivity index is 0.000000382. The molecular formula is C23H29ClN6O8. The van der Waals surface area contributed by atoms with Crippen molar-refractivity contribution in [1.82, 2.24) is 28.7 Å². The molecule has 15 heteroatoms. The van der Waals surface area contributed by atoms with Gasteiger partial charge in [-0.2, -0.15) is 0 Å². The number of allylic oxidation sites excluding steroid dienone is 2. The van der Waals surface area contributed by atoms with Gasteiger partial charge in [-0.05, 0) is 6.92 Å². The number of halogens is 1. The second kappa shape index (κ2) is 14.9. The lowest BCUT2D eigenvalue weighted by molar-refractivity contribution is 0.0853. The lowest BCUT2D eigenvalue weighted by atomic mass is 9.98. The molecule has 0 spiro atoms. The van der Waals surface area contributed by atoms with Crippen molar-refractivity contribution in [2.24, 2.45) is 0 Å². The van der Waals surface area contributed by atoms with E-state index in [2.05, 4.69) is 41.0 Å². The first kappa shape index (κ1) is 31.6. The summed E-state index contributed by atoms with van der Waals surface area (Å²) >= 11 is 5.89. The average Bonchev–Trinajstić information content (AvgIpc) is 2.85.